The maximum Gasteiger partial charge on any atom is 0.242 e. The van der Waals surface area contributed by atoms with Crippen molar-refractivity contribution in [3.63, 3.8) is 0 Å². The van der Waals surface area contributed by atoms with Crippen LogP contribution in [0.25, 0.3) is 0 Å². The van der Waals surface area contributed by atoms with E-state index in [-0.39, 0.29) is 6.61 Å². The molecule has 5 nitrogen and oxygen atoms in total. The van der Waals surface area contributed by atoms with E-state index in [2.05, 4.69) is 5.32 Å². The Morgan fingerprint density at radius 1 is 1.29 bits per heavy atom. The number of anilines is 1. The fraction of sp³-hybridized carbons (Fsp3) is 0.235. The minimum atomic E-state index is -3.40. The van der Waals surface area contributed by atoms with Crippen LogP contribution in [-0.2, 0) is 13.9 Å². The molecule has 7 heteroatoms. The van der Waals surface area contributed by atoms with Crippen molar-refractivity contribution >= 4 is 35.9 Å². The number of carbonyl (C=O) groups excluding carboxylic acids is 1. The van der Waals surface area contributed by atoms with Gasteiger partial charge in [0.05, 0.1) is 12.3 Å². The summed E-state index contributed by atoms with van der Waals surface area (Å²) in [5.41, 5.74) is 6.23. The van der Waals surface area contributed by atoms with Crippen LogP contribution in [0.15, 0.2) is 48.5 Å². The lowest BCUT2D eigenvalue weighted by Gasteiger charge is -2.28. The van der Waals surface area contributed by atoms with Gasteiger partial charge in [-0.15, -0.1) is 0 Å². The molecule has 0 fully saturated rings. The van der Waals surface area contributed by atoms with E-state index < -0.39 is 25.0 Å². The van der Waals surface area contributed by atoms with Crippen LogP contribution in [0.3, 0.4) is 0 Å². The van der Waals surface area contributed by atoms with Crippen molar-refractivity contribution in [2.75, 3.05) is 11.9 Å². The van der Waals surface area contributed by atoms with Gasteiger partial charge in [0.2, 0.25) is 13.3 Å². The number of hydrogen-bond donors (Lipinski definition) is 2. The van der Waals surface area contributed by atoms with Crippen molar-refractivity contribution in [2.24, 2.45) is 5.73 Å². The Balaban J connectivity index is 2.20. The van der Waals surface area contributed by atoms with Crippen LogP contribution in [0.2, 0.25) is 5.02 Å². The van der Waals surface area contributed by atoms with E-state index in [4.69, 9.17) is 21.9 Å². The first kappa shape index (κ1) is 17.0. The number of rotatable bonds is 5. The molecule has 3 atom stereocenters. The fourth-order valence-electron chi connectivity index (χ4n) is 3.08. The number of benzene rings is 2. The maximum absolute atomic E-state index is 13.9. The smallest absolute Gasteiger partial charge is 0.242 e. The third-order valence-corrected chi connectivity index (χ3v) is 7.27. The molecule has 3 rings (SSSR count). The Morgan fingerprint density at radius 3 is 2.62 bits per heavy atom. The highest BCUT2D eigenvalue weighted by molar-refractivity contribution is 7.67. The largest absolute Gasteiger partial charge is 0.372 e. The molecule has 0 aliphatic carbocycles. The molecular weight excluding hydrogens is 347 g/mol. The van der Waals surface area contributed by atoms with Crippen LogP contribution in [0, 0.1) is 0 Å². The first-order chi connectivity index (χ1) is 11.5. The summed E-state index contributed by atoms with van der Waals surface area (Å²) in [4.78, 5) is 12.0. The number of nitrogens with one attached hydrogen (secondary N) is 1. The minimum Gasteiger partial charge on any atom is -0.372 e. The summed E-state index contributed by atoms with van der Waals surface area (Å²) in [5, 5.41) is 4.11. The predicted octanol–water partition coefficient (Wildman–Crippen LogP) is 3.30. The molecule has 0 aromatic heterocycles. The van der Waals surface area contributed by atoms with Gasteiger partial charge in [0, 0.05) is 16.0 Å². The Hall–Kier alpha value is -1.81. The van der Waals surface area contributed by atoms with E-state index in [1.165, 1.54) is 0 Å². The van der Waals surface area contributed by atoms with Crippen molar-refractivity contribution in [1.82, 2.24) is 0 Å². The summed E-state index contributed by atoms with van der Waals surface area (Å²) in [6.07, 6.45) is 0. The van der Waals surface area contributed by atoms with E-state index >= 15 is 0 Å². The highest BCUT2D eigenvalue weighted by Gasteiger charge is 2.49. The van der Waals surface area contributed by atoms with Gasteiger partial charge in [-0.05, 0) is 42.8 Å². The number of halogens is 1. The highest BCUT2D eigenvalue weighted by atomic mass is 35.5. The number of hydrogen-bond acceptors (Lipinski definition) is 4. The molecule has 126 valence electrons. The molecule has 0 spiro atoms. The average Bonchev–Trinajstić information content (AvgIpc) is 2.95. The third-order valence-electron chi connectivity index (χ3n) is 4.07. The molecule has 2 aromatic carbocycles. The molecule has 3 N–H and O–H groups in total. The van der Waals surface area contributed by atoms with Gasteiger partial charge in [-0.25, -0.2) is 0 Å². The van der Waals surface area contributed by atoms with Crippen molar-refractivity contribution in [1.29, 1.82) is 0 Å². The van der Waals surface area contributed by atoms with Crippen LogP contribution < -0.4 is 16.4 Å². The molecule has 1 aliphatic heterocycles. The van der Waals surface area contributed by atoms with Crippen LogP contribution in [0.1, 0.15) is 18.1 Å². The quantitative estimate of drug-likeness (QED) is 0.797. The fourth-order valence-corrected chi connectivity index (χ4v) is 6.06. The predicted molar refractivity (Wildman–Crippen MR) is 96.1 cm³/mol. The van der Waals surface area contributed by atoms with Gasteiger partial charge in [-0.1, -0.05) is 29.8 Å². The molecule has 0 bridgehead atoms. The van der Waals surface area contributed by atoms with Crippen molar-refractivity contribution < 1.29 is 13.9 Å². The second-order valence-electron chi connectivity index (χ2n) is 5.55. The van der Waals surface area contributed by atoms with E-state index in [9.17, 15) is 9.36 Å². The molecule has 24 heavy (non-hydrogen) atoms. The topological polar surface area (TPSA) is 81.4 Å². The molecule has 1 aliphatic rings. The molecule has 0 saturated carbocycles. The van der Waals surface area contributed by atoms with Crippen LogP contribution in [0.5, 0.6) is 0 Å². The SMILES string of the molecule is CCOP(=O)(c1ccccc1)C1c2cc(Cl)ccc2NC1C(N)=O. The number of carbonyl (C=O) groups is 1. The van der Waals surface area contributed by atoms with Crippen molar-refractivity contribution in [2.45, 2.75) is 18.6 Å². The van der Waals surface area contributed by atoms with Gasteiger partial charge in [-0.2, -0.15) is 0 Å². The van der Waals surface area contributed by atoms with E-state index in [1.807, 2.05) is 6.07 Å². The molecular formula is C17H18ClN2O3P. The summed E-state index contributed by atoms with van der Waals surface area (Å²) in [5.74, 6) is -0.580. The molecule has 1 amide bonds. The average molecular weight is 365 g/mol. The zero-order chi connectivity index (χ0) is 17.3. The Morgan fingerprint density at radius 2 is 2.00 bits per heavy atom. The number of amides is 1. The first-order valence-corrected chi connectivity index (χ1v) is 9.69. The van der Waals surface area contributed by atoms with Gasteiger partial charge >= 0.3 is 0 Å². The van der Waals surface area contributed by atoms with Gasteiger partial charge < -0.3 is 15.6 Å². The lowest BCUT2D eigenvalue weighted by molar-refractivity contribution is -0.118. The maximum atomic E-state index is 13.9. The summed E-state index contributed by atoms with van der Waals surface area (Å²) in [6.45, 7) is 2.03. The second-order valence-corrected chi connectivity index (χ2v) is 8.51. The monoisotopic (exact) mass is 364 g/mol. The Kier molecular flexibility index (Phi) is 4.68. The zero-order valence-corrected chi connectivity index (χ0v) is 14.8. The summed E-state index contributed by atoms with van der Waals surface area (Å²) in [6, 6.07) is 13.3. The summed E-state index contributed by atoms with van der Waals surface area (Å²) < 4.78 is 19.6. The van der Waals surface area contributed by atoms with Gasteiger partial charge in [-0.3, -0.25) is 9.36 Å². The van der Waals surface area contributed by atoms with E-state index in [0.717, 1.165) is 0 Å². The molecule has 0 saturated heterocycles. The van der Waals surface area contributed by atoms with E-state index in [0.29, 0.717) is 21.6 Å². The lowest BCUT2D eigenvalue weighted by Crippen LogP contribution is -2.37. The number of fused-ring (bicyclic) bond motifs is 1. The normalized spacial score (nSPS) is 21.6. The van der Waals surface area contributed by atoms with Gasteiger partial charge in [0.25, 0.3) is 0 Å². The lowest BCUT2D eigenvalue weighted by atomic mass is 10.1. The van der Waals surface area contributed by atoms with Crippen LogP contribution >= 0.6 is 19.0 Å². The third kappa shape index (κ3) is 2.84. The second kappa shape index (κ2) is 6.60. The van der Waals surface area contributed by atoms with Gasteiger partial charge in [0.1, 0.15) is 6.04 Å². The first-order valence-electron chi connectivity index (χ1n) is 7.62. The standard InChI is InChI=1S/C17H18ClN2O3P/c1-2-23-24(22,12-6-4-3-5-7-12)16-13-10-11(18)8-9-14(13)20-15(16)17(19)21/h3-10,15-16,20H,2H2,1H3,(H2,19,21). The van der Waals surface area contributed by atoms with Gasteiger partial charge in [0.15, 0.2) is 0 Å². The van der Waals surface area contributed by atoms with Crippen molar-refractivity contribution in [3.8, 4) is 0 Å². The van der Waals surface area contributed by atoms with Crippen molar-refractivity contribution in [3.05, 3.63) is 59.1 Å². The molecule has 0 radical (unpaired) electrons. The van der Waals surface area contributed by atoms with Crippen LogP contribution in [-0.4, -0.2) is 18.6 Å². The Labute approximate surface area is 145 Å². The molecule has 3 unspecified atom stereocenters. The zero-order valence-electron chi connectivity index (χ0n) is 13.1. The minimum absolute atomic E-state index is 0.254. The molecule has 1 heterocycles. The Bertz CT molecular complexity index is 813. The van der Waals surface area contributed by atoms with E-state index in [1.54, 1.807) is 49.4 Å². The highest BCUT2D eigenvalue weighted by Crippen LogP contribution is 2.64. The molecule has 2 aromatic rings. The van der Waals surface area contributed by atoms with Crippen LogP contribution in [0.4, 0.5) is 5.69 Å². The number of nitrogens with two attached hydrogens (primary N) is 1. The number of primary amides is 1. The summed E-state index contributed by atoms with van der Waals surface area (Å²) >= 11 is 6.11. The summed E-state index contributed by atoms with van der Waals surface area (Å²) in [7, 11) is -3.40.